The van der Waals surface area contributed by atoms with Crippen molar-refractivity contribution in [2.24, 2.45) is 0 Å². The molecule has 3 aromatic rings. The smallest absolute Gasteiger partial charge is 0.429 e. The van der Waals surface area contributed by atoms with Crippen molar-refractivity contribution in [3.05, 3.63) is 58.2 Å². The molecule has 1 aliphatic rings. The molecule has 0 bridgehead atoms. The Bertz CT molecular complexity index is 1310. The molecule has 0 aliphatic carbocycles. The van der Waals surface area contributed by atoms with Crippen LogP contribution in [0.2, 0.25) is 10.0 Å². The number of pyridine rings is 1. The third-order valence-corrected chi connectivity index (χ3v) is 5.64. The highest BCUT2D eigenvalue weighted by Gasteiger charge is 2.46. The van der Waals surface area contributed by atoms with Crippen molar-refractivity contribution >= 4 is 29.0 Å². The van der Waals surface area contributed by atoms with E-state index in [1.54, 1.807) is 0 Å². The number of halogens is 6. The van der Waals surface area contributed by atoms with Gasteiger partial charge < -0.3 is 15.8 Å². The zero-order chi connectivity index (χ0) is 27.3. The van der Waals surface area contributed by atoms with Gasteiger partial charge in [-0.05, 0) is 44.0 Å². The summed E-state index contributed by atoms with van der Waals surface area (Å²) in [6.45, 7) is -3.96. The van der Waals surface area contributed by atoms with E-state index in [0.29, 0.717) is 5.56 Å². The van der Waals surface area contributed by atoms with Crippen LogP contribution in [0.1, 0.15) is 36.0 Å². The maximum Gasteiger partial charge on any atom is 0.429 e. The molecule has 6 nitrogen and oxygen atoms in total. The number of nitrogens with one attached hydrogen (secondary N) is 1. The van der Waals surface area contributed by atoms with Crippen LogP contribution in [0.4, 0.5) is 23.4 Å². The van der Waals surface area contributed by atoms with Gasteiger partial charge >= 0.3 is 6.18 Å². The number of nitrogen functional groups attached to an aromatic ring is 1. The molecule has 4 rings (SSSR count). The lowest BCUT2D eigenvalue weighted by molar-refractivity contribution is -0.197. The Kier molecular flexibility index (Phi) is 5.34. The fourth-order valence-electron chi connectivity index (χ4n) is 3.25. The highest BCUT2D eigenvalue weighted by Crippen LogP contribution is 2.44. The van der Waals surface area contributed by atoms with Crippen LogP contribution in [0.5, 0.6) is 5.75 Å². The zero-order valence-electron chi connectivity index (χ0n) is 20.6. The van der Waals surface area contributed by atoms with E-state index >= 15 is 0 Å². The first-order valence-electron chi connectivity index (χ1n) is 11.5. The Morgan fingerprint density at radius 3 is 2.64 bits per heavy atom. The predicted octanol–water partition coefficient (Wildman–Crippen LogP) is 5.58. The van der Waals surface area contributed by atoms with E-state index in [-0.39, 0.29) is 24.2 Å². The van der Waals surface area contributed by atoms with Gasteiger partial charge in [0.15, 0.2) is 11.6 Å². The molecule has 1 aromatic carbocycles. The van der Waals surface area contributed by atoms with Crippen molar-refractivity contribution < 1.29 is 27.8 Å². The fourth-order valence-corrected chi connectivity index (χ4v) is 3.82. The molecule has 33 heavy (non-hydrogen) atoms. The average molecular weight is 508 g/mol. The van der Waals surface area contributed by atoms with Gasteiger partial charge in [-0.25, -0.2) is 9.37 Å². The van der Waals surface area contributed by atoms with Crippen molar-refractivity contribution in [2.75, 3.05) is 18.7 Å². The summed E-state index contributed by atoms with van der Waals surface area (Å²) in [6, 6.07) is 2.31. The van der Waals surface area contributed by atoms with Gasteiger partial charge in [-0.1, -0.05) is 23.2 Å². The molecule has 1 fully saturated rings. The molecule has 1 atom stereocenters. The SMILES string of the molecule is [2H]C1([2H])CC(n2cc(-c3cnc(N)c(OC(c4c(Cl)ccc(F)c4Cl)C(F)(F)F)c3)cn2)CC([2H])([2H])N1. The van der Waals surface area contributed by atoms with E-state index in [1.807, 2.05) is 0 Å². The van der Waals surface area contributed by atoms with Gasteiger partial charge in [0.2, 0.25) is 6.10 Å². The second-order valence-corrected chi connectivity index (χ2v) is 7.94. The molecule has 2 aromatic heterocycles. The van der Waals surface area contributed by atoms with Crippen molar-refractivity contribution in [3.63, 3.8) is 0 Å². The normalized spacial score (nSPS) is 20.9. The molecule has 0 radical (unpaired) electrons. The van der Waals surface area contributed by atoms with Crippen LogP contribution in [-0.2, 0) is 0 Å². The summed E-state index contributed by atoms with van der Waals surface area (Å²) in [4.78, 5) is 3.89. The van der Waals surface area contributed by atoms with Gasteiger partial charge in [0, 0.05) is 39.6 Å². The number of hydrogen-bond donors (Lipinski definition) is 2. The zero-order valence-corrected chi connectivity index (χ0v) is 18.1. The van der Waals surface area contributed by atoms with E-state index in [4.69, 9.17) is 39.2 Å². The van der Waals surface area contributed by atoms with Crippen LogP contribution in [0.25, 0.3) is 11.1 Å². The predicted molar refractivity (Wildman–Crippen MR) is 117 cm³/mol. The van der Waals surface area contributed by atoms with Gasteiger partial charge in [0.1, 0.15) is 5.82 Å². The molecule has 1 saturated heterocycles. The molecule has 3 heterocycles. The second-order valence-electron chi connectivity index (χ2n) is 7.15. The third kappa shape index (κ3) is 5.02. The Morgan fingerprint density at radius 1 is 1.21 bits per heavy atom. The maximum atomic E-state index is 14.0. The number of alkyl halides is 3. The van der Waals surface area contributed by atoms with Crippen LogP contribution in [0, 0.1) is 5.82 Å². The number of aromatic nitrogens is 3. The molecule has 3 N–H and O–H groups in total. The van der Waals surface area contributed by atoms with E-state index in [1.165, 1.54) is 29.3 Å². The first kappa shape index (κ1) is 18.8. The minimum Gasteiger partial charge on any atom is -0.472 e. The van der Waals surface area contributed by atoms with Crippen LogP contribution in [0.3, 0.4) is 0 Å². The number of benzene rings is 1. The van der Waals surface area contributed by atoms with Gasteiger partial charge in [-0.15, -0.1) is 0 Å². The molecule has 0 spiro atoms. The van der Waals surface area contributed by atoms with Crippen LogP contribution in [0.15, 0.2) is 36.8 Å². The molecule has 1 aliphatic heterocycles. The summed E-state index contributed by atoms with van der Waals surface area (Å²) < 4.78 is 94.1. The van der Waals surface area contributed by atoms with Gasteiger partial charge in [-0.3, -0.25) is 4.68 Å². The average Bonchev–Trinajstić information content (AvgIpc) is 3.25. The van der Waals surface area contributed by atoms with Crippen LogP contribution >= 0.6 is 23.2 Å². The fraction of sp³-hybridized carbons (Fsp3) is 0.333. The van der Waals surface area contributed by atoms with Gasteiger partial charge in [-0.2, -0.15) is 18.3 Å². The molecule has 0 saturated carbocycles. The number of piperidine rings is 1. The summed E-state index contributed by atoms with van der Waals surface area (Å²) in [6.07, 6.45) is -3.82. The number of rotatable bonds is 5. The standard InChI is InChI=1S/C21H19Cl2F4N5O/c22-14-1-2-15(24)18(23)17(14)19(21(25,26)27)33-16-7-11(8-30-20(16)28)12-9-31-32(10-12)13-3-5-29-6-4-13/h1-2,7-10,13,19,29H,3-6H2,(H2,28,30)/i5D2,6D2. The molecule has 12 heteroatoms. The lowest BCUT2D eigenvalue weighted by Gasteiger charge is -2.24. The minimum atomic E-state index is -5.05. The van der Waals surface area contributed by atoms with E-state index in [9.17, 15) is 17.6 Å². The van der Waals surface area contributed by atoms with Crippen molar-refractivity contribution in [3.8, 4) is 16.9 Å². The summed E-state index contributed by atoms with van der Waals surface area (Å²) in [5.41, 5.74) is 5.59. The summed E-state index contributed by atoms with van der Waals surface area (Å²) >= 11 is 11.7. The van der Waals surface area contributed by atoms with Crippen LogP contribution in [-0.4, -0.2) is 33.9 Å². The first-order valence-corrected chi connectivity index (χ1v) is 10.3. The number of nitrogens with two attached hydrogens (primary N) is 1. The summed E-state index contributed by atoms with van der Waals surface area (Å²) in [5.74, 6) is -1.97. The molecular formula is C21H19Cl2F4N5O. The highest BCUT2D eigenvalue weighted by molar-refractivity contribution is 6.36. The Labute approximate surface area is 202 Å². The lowest BCUT2D eigenvalue weighted by Crippen LogP contribution is -2.29. The maximum absolute atomic E-state index is 14.0. The first-order chi connectivity index (χ1) is 17.1. The van der Waals surface area contributed by atoms with E-state index in [0.717, 1.165) is 12.1 Å². The largest absolute Gasteiger partial charge is 0.472 e. The highest BCUT2D eigenvalue weighted by atomic mass is 35.5. The van der Waals surface area contributed by atoms with Crippen molar-refractivity contribution in [1.29, 1.82) is 0 Å². The Morgan fingerprint density at radius 2 is 1.94 bits per heavy atom. The second kappa shape index (κ2) is 9.36. The number of ether oxygens (including phenoxy) is 1. The number of anilines is 1. The summed E-state index contributed by atoms with van der Waals surface area (Å²) in [5, 5.41) is 5.16. The Balaban J connectivity index is 1.67. The van der Waals surface area contributed by atoms with Crippen molar-refractivity contribution in [2.45, 2.75) is 31.2 Å². The third-order valence-electron chi connectivity index (χ3n) is 4.93. The topological polar surface area (TPSA) is 78.0 Å². The van der Waals surface area contributed by atoms with Gasteiger partial charge in [0.25, 0.3) is 0 Å². The van der Waals surface area contributed by atoms with Crippen LogP contribution < -0.4 is 15.8 Å². The quantitative estimate of drug-likeness (QED) is 0.348. The van der Waals surface area contributed by atoms with Crippen molar-refractivity contribution in [1.82, 2.24) is 20.1 Å². The monoisotopic (exact) mass is 507 g/mol. The Hall–Kier alpha value is -2.56. The molecule has 0 amide bonds. The minimum absolute atomic E-state index is 0.0651. The number of hydrogen-bond acceptors (Lipinski definition) is 5. The van der Waals surface area contributed by atoms with Gasteiger partial charge in [0.05, 0.1) is 17.3 Å². The molecule has 1 unspecified atom stereocenters. The molecule has 176 valence electrons. The van der Waals surface area contributed by atoms with E-state index < -0.39 is 58.5 Å². The number of nitrogens with zero attached hydrogens (tertiary/aromatic N) is 3. The summed E-state index contributed by atoms with van der Waals surface area (Å²) in [7, 11) is 0. The molecular weight excluding hydrogens is 485 g/mol. The lowest BCUT2D eigenvalue weighted by atomic mass is 10.1. The van der Waals surface area contributed by atoms with E-state index in [2.05, 4.69) is 15.4 Å².